The average molecular weight is 159 g/mol. The molecule has 0 aliphatic carbocycles. The molecular weight excluding hydrogens is 142 g/mol. The molecule has 4 nitrogen and oxygen atoms in total. The Hall–Kier alpha value is -0.610. The molecule has 0 spiro atoms. The molecule has 0 heterocycles. The van der Waals surface area contributed by atoms with Crippen LogP contribution in [0.15, 0.2) is 0 Å². The van der Waals surface area contributed by atoms with Crippen LogP contribution >= 0.6 is 0 Å². The number of amides is 1. The van der Waals surface area contributed by atoms with Gasteiger partial charge in [0.2, 0.25) is 5.91 Å². The summed E-state index contributed by atoms with van der Waals surface area (Å²) in [6.45, 7) is 2.06. The Morgan fingerprint density at radius 1 is 1.45 bits per heavy atom. The van der Waals surface area contributed by atoms with Crippen molar-refractivity contribution in [3.8, 4) is 0 Å². The Morgan fingerprint density at radius 3 is 2.73 bits per heavy atom. The van der Waals surface area contributed by atoms with E-state index in [-0.39, 0.29) is 5.91 Å². The van der Waals surface area contributed by atoms with E-state index in [0.29, 0.717) is 19.5 Å². The molecule has 4 N–H and O–H groups in total. The first-order valence-corrected chi connectivity index (χ1v) is 3.92. The maximum atomic E-state index is 10.9. The Bertz CT molecular complexity index is 106. The van der Waals surface area contributed by atoms with Gasteiger partial charge in [-0.3, -0.25) is 4.79 Å². The molecule has 0 bridgehead atoms. The topological polar surface area (TPSA) is 67.2 Å². The Kier molecular flexibility index (Phi) is 7.08. The quantitative estimate of drug-likeness (QED) is 0.438. The van der Waals surface area contributed by atoms with Crippen molar-refractivity contribution in [1.29, 1.82) is 0 Å². The third-order valence-electron chi connectivity index (χ3n) is 1.31. The van der Waals surface area contributed by atoms with Gasteiger partial charge >= 0.3 is 0 Å². The Morgan fingerprint density at radius 2 is 2.18 bits per heavy atom. The van der Waals surface area contributed by atoms with Crippen molar-refractivity contribution in [1.82, 2.24) is 10.6 Å². The minimum atomic E-state index is 0.0906. The van der Waals surface area contributed by atoms with E-state index in [4.69, 9.17) is 5.73 Å². The molecule has 0 aromatic carbocycles. The molecule has 1 amide bonds. The standard InChI is InChI=1S/C7H17N3O/c1-9-6-3-7(11)10-5-2-4-8/h9H,2-6,8H2,1H3,(H,10,11). The fourth-order valence-electron chi connectivity index (χ4n) is 0.657. The van der Waals surface area contributed by atoms with E-state index in [0.717, 1.165) is 13.0 Å². The monoisotopic (exact) mass is 159 g/mol. The SMILES string of the molecule is CNCCC(=O)NCCCN. The number of hydrogen-bond donors (Lipinski definition) is 3. The van der Waals surface area contributed by atoms with Crippen molar-refractivity contribution >= 4 is 5.91 Å². The van der Waals surface area contributed by atoms with Gasteiger partial charge in [-0.15, -0.1) is 0 Å². The minimum absolute atomic E-state index is 0.0906. The summed E-state index contributed by atoms with van der Waals surface area (Å²) in [5.74, 6) is 0.0906. The zero-order valence-electron chi connectivity index (χ0n) is 7.02. The summed E-state index contributed by atoms with van der Waals surface area (Å²) in [5.41, 5.74) is 5.25. The number of carbonyl (C=O) groups excluding carboxylic acids is 1. The largest absolute Gasteiger partial charge is 0.356 e. The van der Waals surface area contributed by atoms with Crippen LogP contribution in [-0.2, 0) is 4.79 Å². The Labute approximate surface area is 67.5 Å². The lowest BCUT2D eigenvalue weighted by Gasteiger charge is -2.02. The molecule has 0 atom stereocenters. The van der Waals surface area contributed by atoms with Crippen LogP contribution in [-0.4, -0.2) is 32.6 Å². The second-order valence-electron chi connectivity index (χ2n) is 2.35. The highest BCUT2D eigenvalue weighted by Crippen LogP contribution is 1.77. The summed E-state index contributed by atoms with van der Waals surface area (Å²) in [7, 11) is 1.83. The van der Waals surface area contributed by atoms with Gasteiger partial charge in [0.25, 0.3) is 0 Å². The van der Waals surface area contributed by atoms with Crippen LogP contribution < -0.4 is 16.4 Å². The molecule has 4 heteroatoms. The van der Waals surface area contributed by atoms with Crippen molar-refractivity contribution in [3.63, 3.8) is 0 Å². The zero-order valence-corrected chi connectivity index (χ0v) is 7.02. The second-order valence-corrected chi connectivity index (χ2v) is 2.35. The molecule has 0 aliphatic heterocycles. The molecule has 0 radical (unpaired) electrons. The number of carbonyl (C=O) groups is 1. The average Bonchev–Trinajstić information content (AvgIpc) is 2.01. The highest BCUT2D eigenvalue weighted by atomic mass is 16.1. The van der Waals surface area contributed by atoms with Gasteiger partial charge in [0.1, 0.15) is 0 Å². The van der Waals surface area contributed by atoms with E-state index in [2.05, 4.69) is 10.6 Å². The van der Waals surface area contributed by atoms with Crippen LogP contribution in [0.3, 0.4) is 0 Å². The van der Waals surface area contributed by atoms with Gasteiger partial charge in [-0.1, -0.05) is 0 Å². The van der Waals surface area contributed by atoms with Gasteiger partial charge in [0.05, 0.1) is 0 Å². The third kappa shape index (κ3) is 7.29. The van der Waals surface area contributed by atoms with Crippen molar-refractivity contribution < 1.29 is 4.79 Å². The zero-order chi connectivity index (χ0) is 8.53. The third-order valence-corrected chi connectivity index (χ3v) is 1.31. The lowest BCUT2D eigenvalue weighted by atomic mass is 10.3. The number of hydrogen-bond acceptors (Lipinski definition) is 3. The van der Waals surface area contributed by atoms with Crippen molar-refractivity contribution in [2.75, 3.05) is 26.7 Å². The second kappa shape index (κ2) is 7.50. The highest BCUT2D eigenvalue weighted by molar-refractivity contribution is 5.75. The molecule has 0 saturated heterocycles. The molecule has 66 valence electrons. The van der Waals surface area contributed by atoms with Crippen LogP contribution in [0.4, 0.5) is 0 Å². The molecule has 11 heavy (non-hydrogen) atoms. The van der Waals surface area contributed by atoms with Crippen molar-refractivity contribution in [2.24, 2.45) is 5.73 Å². The van der Waals surface area contributed by atoms with Crippen LogP contribution in [0.25, 0.3) is 0 Å². The first-order chi connectivity index (χ1) is 5.31. The maximum absolute atomic E-state index is 10.9. The van der Waals surface area contributed by atoms with E-state index in [9.17, 15) is 4.79 Å². The summed E-state index contributed by atoms with van der Waals surface area (Å²) in [6, 6.07) is 0. The van der Waals surface area contributed by atoms with Crippen LogP contribution in [0.5, 0.6) is 0 Å². The van der Waals surface area contributed by atoms with Crippen LogP contribution in [0, 0.1) is 0 Å². The van der Waals surface area contributed by atoms with Gasteiger partial charge in [-0.25, -0.2) is 0 Å². The molecule has 0 saturated carbocycles. The Balaban J connectivity index is 3.09. The molecule has 0 aliphatic rings. The molecule has 0 fully saturated rings. The highest BCUT2D eigenvalue weighted by Gasteiger charge is 1.96. The van der Waals surface area contributed by atoms with Crippen LogP contribution in [0.2, 0.25) is 0 Å². The van der Waals surface area contributed by atoms with Gasteiger partial charge in [-0.2, -0.15) is 0 Å². The van der Waals surface area contributed by atoms with Gasteiger partial charge in [0.15, 0.2) is 0 Å². The summed E-state index contributed by atoms with van der Waals surface area (Å²) in [4.78, 5) is 10.9. The van der Waals surface area contributed by atoms with Gasteiger partial charge in [0, 0.05) is 19.5 Å². The predicted octanol–water partition coefficient (Wildman–Crippen LogP) is -0.939. The molecule has 0 aromatic heterocycles. The summed E-state index contributed by atoms with van der Waals surface area (Å²) in [5, 5.41) is 5.66. The molecule has 0 aromatic rings. The summed E-state index contributed by atoms with van der Waals surface area (Å²) >= 11 is 0. The summed E-state index contributed by atoms with van der Waals surface area (Å²) < 4.78 is 0. The molecule has 0 rings (SSSR count). The number of rotatable bonds is 6. The van der Waals surface area contributed by atoms with Crippen molar-refractivity contribution in [3.05, 3.63) is 0 Å². The van der Waals surface area contributed by atoms with Gasteiger partial charge < -0.3 is 16.4 Å². The lowest BCUT2D eigenvalue weighted by Crippen LogP contribution is -2.28. The first-order valence-electron chi connectivity index (χ1n) is 3.92. The fourth-order valence-corrected chi connectivity index (χ4v) is 0.657. The molecular formula is C7H17N3O. The maximum Gasteiger partial charge on any atom is 0.221 e. The number of nitrogens with two attached hydrogens (primary N) is 1. The van der Waals surface area contributed by atoms with E-state index in [1.807, 2.05) is 7.05 Å². The lowest BCUT2D eigenvalue weighted by molar-refractivity contribution is -0.120. The van der Waals surface area contributed by atoms with Crippen LogP contribution in [0.1, 0.15) is 12.8 Å². The van der Waals surface area contributed by atoms with E-state index in [1.165, 1.54) is 0 Å². The van der Waals surface area contributed by atoms with E-state index < -0.39 is 0 Å². The first kappa shape index (κ1) is 10.4. The summed E-state index contributed by atoms with van der Waals surface area (Å²) in [6.07, 6.45) is 1.40. The smallest absolute Gasteiger partial charge is 0.221 e. The minimum Gasteiger partial charge on any atom is -0.356 e. The van der Waals surface area contributed by atoms with E-state index in [1.54, 1.807) is 0 Å². The van der Waals surface area contributed by atoms with E-state index >= 15 is 0 Å². The normalized spacial score (nSPS) is 9.64. The fraction of sp³-hybridized carbons (Fsp3) is 0.857. The molecule has 0 unspecified atom stereocenters. The number of nitrogens with one attached hydrogen (secondary N) is 2. The van der Waals surface area contributed by atoms with Crippen molar-refractivity contribution in [2.45, 2.75) is 12.8 Å². The van der Waals surface area contributed by atoms with Gasteiger partial charge in [-0.05, 0) is 20.0 Å². The predicted molar refractivity (Wildman–Crippen MR) is 45.2 cm³/mol.